The van der Waals surface area contributed by atoms with Crippen LogP contribution in [0.5, 0.6) is 0 Å². The molecular weight excluding hydrogens is 364 g/mol. The number of methoxy groups -OCH3 is 1. The Morgan fingerprint density at radius 2 is 1.00 bits per heavy atom. The van der Waals surface area contributed by atoms with Crippen LogP contribution in [0.3, 0.4) is 0 Å². The molecule has 0 aliphatic rings. The summed E-state index contributed by atoms with van der Waals surface area (Å²) in [5.74, 6) is 0. The summed E-state index contributed by atoms with van der Waals surface area (Å²) in [5.41, 5.74) is -1.11. The summed E-state index contributed by atoms with van der Waals surface area (Å²) in [6.07, 6.45) is 17.6. The highest BCUT2D eigenvalue weighted by molar-refractivity contribution is 7.80. The van der Waals surface area contributed by atoms with Crippen molar-refractivity contribution in [3.63, 3.8) is 0 Å². The molecule has 0 saturated carbocycles. The first-order valence-electron chi connectivity index (χ1n) is 10.6. The van der Waals surface area contributed by atoms with Crippen LogP contribution < -0.4 is 0 Å². The molecule has 0 aliphatic carbocycles. The summed E-state index contributed by atoms with van der Waals surface area (Å²) >= 11 is 5.01. The molecule has 0 radical (unpaired) electrons. The second kappa shape index (κ2) is 22.0. The standard InChI is InChI=1S/C16H32OS.C5H12O4/c1-3-4-5-6-7-8-9-10-11-12-13-14-15-16(18)17-2;6-1-5(2-7,3-8)4-9/h3-15H2,1-2H3;6-9H,1-4H2. The molecule has 0 fully saturated rings. The van der Waals surface area contributed by atoms with Gasteiger partial charge in [-0.3, -0.25) is 0 Å². The van der Waals surface area contributed by atoms with Crippen LogP contribution in [0.15, 0.2) is 0 Å². The summed E-state index contributed by atoms with van der Waals surface area (Å²) in [6.45, 7) is 0.652. The Bertz CT molecular complexity index is 291. The summed E-state index contributed by atoms with van der Waals surface area (Å²) in [4.78, 5) is 0. The molecule has 0 amide bonds. The van der Waals surface area contributed by atoms with Crippen LogP contribution in [0.4, 0.5) is 0 Å². The fourth-order valence-corrected chi connectivity index (χ4v) is 2.66. The fourth-order valence-electron chi connectivity index (χ4n) is 2.51. The van der Waals surface area contributed by atoms with E-state index in [1.807, 2.05) is 0 Å². The van der Waals surface area contributed by atoms with Crippen molar-refractivity contribution >= 4 is 17.3 Å². The van der Waals surface area contributed by atoms with Crippen molar-refractivity contribution in [3.05, 3.63) is 0 Å². The van der Waals surface area contributed by atoms with Crippen molar-refractivity contribution in [1.29, 1.82) is 0 Å². The second-order valence-electron chi connectivity index (χ2n) is 7.35. The molecule has 0 bridgehead atoms. The first kappa shape index (κ1) is 28.9. The lowest BCUT2D eigenvalue weighted by Crippen LogP contribution is -2.37. The van der Waals surface area contributed by atoms with Gasteiger partial charge in [-0.15, -0.1) is 0 Å². The molecule has 27 heavy (non-hydrogen) atoms. The maximum atomic E-state index is 8.50. The highest BCUT2D eigenvalue weighted by Gasteiger charge is 2.26. The normalized spacial score (nSPS) is 11.0. The van der Waals surface area contributed by atoms with E-state index in [1.54, 1.807) is 7.11 Å². The average molecular weight is 409 g/mol. The van der Waals surface area contributed by atoms with Gasteiger partial charge >= 0.3 is 0 Å². The van der Waals surface area contributed by atoms with Gasteiger partial charge in [-0.25, -0.2) is 0 Å². The van der Waals surface area contributed by atoms with Crippen LogP contribution in [0.2, 0.25) is 0 Å². The molecule has 5 nitrogen and oxygen atoms in total. The van der Waals surface area contributed by atoms with E-state index in [9.17, 15) is 0 Å². The number of aliphatic hydroxyl groups excluding tert-OH is 4. The van der Waals surface area contributed by atoms with Crippen LogP contribution in [-0.4, -0.2) is 59.0 Å². The minimum absolute atomic E-state index is 0.406. The third-order valence-electron chi connectivity index (χ3n) is 4.80. The predicted octanol–water partition coefficient (Wildman–Crippen LogP) is 3.99. The number of thiocarbonyl (C=S) groups is 1. The minimum atomic E-state index is -1.11. The molecule has 164 valence electrons. The van der Waals surface area contributed by atoms with Gasteiger partial charge in [-0.05, 0) is 18.6 Å². The van der Waals surface area contributed by atoms with E-state index in [-0.39, 0.29) is 0 Å². The summed E-state index contributed by atoms with van der Waals surface area (Å²) in [6, 6.07) is 0. The number of aliphatic hydroxyl groups is 4. The first-order chi connectivity index (χ1) is 13.1. The van der Waals surface area contributed by atoms with Crippen LogP contribution in [0, 0.1) is 5.41 Å². The van der Waals surface area contributed by atoms with E-state index in [2.05, 4.69) is 6.92 Å². The third kappa shape index (κ3) is 18.8. The van der Waals surface area contributed by atoms with E-state index in [4.69, 9.17) is 37.4 Å². The van der Waals surface area contributed by atoms with Gasteiger partial charge in [-0.1, -0.05) is 77.6 Å². The number of hydrogen-bond acceptors (Lipinski definition) is 6. The Morgan fingerprint density at radius 1 is 0.667 bits per heavy atom. The van der Waals surface area contributed by atoms with Crippen molar-refractivity contribution in [1.82, 2.24) is 0 Å². The zero-order valence-corrected chi connectivity index (χ0v) is 18.4. The maximum absolute atomic E-state index is 8.50. The lowest BCUT2D eigenvalue weighted by molar-refractivity contribution is -0.0328. The Kier molecular flexibility index (Phi) is 23.6. The molecule has 0 heterocycles. The first-order valence-corrected chi connectivity index (χ1v) is 11.0. The maximum Gasteiger partial charge on any atom is 0.159 e. The van der Waals surface area contributed by atoms with E-state index in [0.29, 0.717) is 0 Å². The number of hydrogen-bond donors (Lipinski definition) is 4. The smallest absolute Gasteiger partial charge is 0.159 e. The molecule has 0 aromatic rings. The zero-order valence-electron chi connectivity index (χ0n) is 17.6. The van der Waals surface area contributed by atoms with Gasteiger partial charge in [0.1, 0.15) is 0 Å². The number of ether oxygens (including phenoxy) is 1. The highest BCUT2D eigenvalue weighted by atomic mass is 32.1. The fraction of sp³-hybridized carbons (Fsp3) is 0.952. The van der Waals surface area contributed by atoms with E-state index >= 15 is 0 Å². The molecule has 0 aromatic carbocycles. The molecule has 6 heteroatoms. The van der Waals surface area contributed by atoms with Gasteiger partial charge < -0.3 is 25.2 Å². The monoisotopic (exact) mass is 408 g/mol. The van der Waals surface area contributed by atoms with E-state index < -0.39 is 31.8 Å². The van der Waals surface area contributed by atoms with E-state index in [0.717, 1.165) is 11.5 Å². The molecule has 0 spiro atoms. The van der Waals surface area contributed by atoms with Gasteiger partial charge in [0.05, 0.1) is 39.0 Å². The lowest BCUT2D eigenvalue weighted by atomic mass is 9.93. The van der Waals surface area contributed by atoms with Crippen LogP contribution in [0.25, 0.3) is 0 Å². The molecule has 0 unspecified atom stereocenters. The van der Waals surface area contributed by atoms with Crippen LogP contribution in [-0.2, 0) is 4.74 Å². The lowest BCUT2D eigenvalue weighted by Gasteiger charge is -2.23. The van der Waals surface area contributed by atoms with Crippen LogP contribution in [0.1, 0.15) is 90.4 Å². The number of unbranched alkanes of at least 4 members (excludes halogenated alkanes) is 11. The quantitative estimate of drug-likeness (QED) is 0.215. The largest absolute Gasteiger partial charge is 0.490 e. The molecule has 0 aliphatic heterocycles. The van der Waals surface area contributed by atoms with Gasteiger partial charge in [0.25, 0.3) is 0 Å². The van der Waals surface area contributed by atoms with Crippen molar-refractivity contribution in [2.75, 3.05) is 33.5 Å². The SMILES string of the molecule is CCCCCCCCCCCCCCC(=S)OC.OCC(CO)(CO)CO. The molecule has 0 saturated heterocycles. The Balaban J connectivity index is 0. The summed E-state index contributed by atoms with van der Waals surface area (Å²) < 4.78 is 4.98. The van der Waals surface area contributed by atoms with Gasteiger partial charge in [0.15, 0.2) is 5.05 Å². The topological polar surface area (TPSA) is 90.2 Å². The Morgan fingerprint density at radius 3 is 1.26 bits per heavy atom. The van der Waals surface area contributed by atoms with Gasteiger partial charge in [0.2, 0.25) is 0 Å². The van der Waals surface area contributed by atoms with Crippen molar-refractivity contribution < 1.29 is 25.2 Å². The molecule has 0 aromatic heterocycles. The molecular formula is C21H44O5S. The Hall–Kier alpha value is -0.270. The van der Waals surface area contributed by atoms with Crippen molar-refractivity contribution in [3.8, 4) is 0 Å². The molecule has 0 rings (SSSR count). The van der Waals surface area contributed by atoms with Crippen LogP contribution >= 0.6 is 12.2 Å². The third-order valence-corrected chi connectivity index (χ3v) is 5.17. The molecule has 0 atom stereocenters. The highest BCUT2D eigenvalue weighted by Crippen LogP contribution is 2.13. The van der Waals surface area contributed by atoms with Gasteiger partial charge in [0, 0.05) is 6.42 Å². The average Bonchev–Trinajstić information content (AvgIpc) is 2.71. The van der Waals surface area contributed by atoms with Gasteiger partial charge in [-0.2, -0.15) is 0 Å². The minimum Gasteiger partial charge on any atom is -0.490 e. The Labute approximate surface area is 172 Å². The summed E-state index contributed by atoms with van der Waals surface area (Å²) in [7, 11) is 1.67. The summed E-state index contributed by atoms with van der Waals surface area (Å²) in [5, 5.41) is 34.8. The number of rotatable bonds is 17. The van der Waals surface area contributed by atoms with Crippen molar-refractivity contribution in [2.45, 2.75) is 90.4 Å². The predicted molar refractivity (Wildman–Crippen MR) is 116 cm³/mol. The molecule has 4 N–H and O–H groups in total. The zero-order chi connectivity index (χ0) is 20.8. The van der Waals surface area contributed by atoms with Crippen molar-refractivity contribution in [2.24, 2.45) is 5.41 Å². The second-order valence-corrected chi connectivity index (χ2v) is 7.80. The van der Waals surface area contributed by atoms with E-state index in [1.165, 1.54) is 77.0 Å².